The van der Waals surface area contributed by atoms with Crippen LogP contribution >= 0.6 is 0 Å². The summed E-state index contributed by atoms with van der Waals surface area (Å²) in [6.45, 7) is 3.42. The normalized spacial score (nSPS) is 10.9. The van der Waals surface area contributed by atoms with Crippen molar-refractivity contribution in [1.82, 2.24) is 15.5 Å². The number of carbonyl (C=O) groups excluding carboxylic acids is 1. The molecule has 1 heterocycles. The van der Waals surface area contributed by atoms with E-state index in [1.165, 1.54) is 19.1 Å². The molecule has 1 aromatic heterocycles. The van der Waals surface area contributed by atoms with Gasteiger partial charge in [-0.3, -0.25) is 4.79 Å². The number of hydrogen-bond acceptors (Lipinski definition) is 4. The second kappa shape index (κ2) is 8.73. The maximum absolute atomic E-state index is 13.8. The van der Waals surface area contributed by atoms with Gasteiger partial charge in [0.2, 0.25) is 17.7 Å². The molecule has 1 N–H and O–H groups in total. The molecular formula is C21H21F2N3O2. The van der Waals surface area contributed by atoms with Crippen LogP contribution in [0.2, 0.25) is 0 Å². The Morgan fingerprint density at radius 3 is 2.64 bits per heavy atom. The van der Waals surface area contributed by atoms with Crippen LogP contribution in [0.1, 0.15) is 40.5 Å². The van der Waals surface area contributed by atoms with Crippen LogP contribution in [-0.2, 0) is 24.2 Å². The zero-order chi connectivity index (χ0) is 20.1. The van der Waals surface area contributed by atoms with Crippen LogP contribution in [0.3, 0.4) is 0 Å². The Hall–Kier alpha value is -3.09. The standard InChI is InChI=1S/C21H21F2N3O2/c1-13-4-3-5-15(10-13)11-19-26-25-18(28-19)9-8-17(27)24-12-16-7-6-14(2)20(22)21(16)23/h3-7,10H,8-9,11-12H2,1-2H3,(H,24,27). The van der Waals surface area contributed by atoms with E-state index in [0.29, 0.717) is 18.2 Å². The molecule has 3 rings (SSSR count). The molecule has 28 heavy (non-hydrogen) atoms. The topological polar surface area (TPSA) is 68.0 Å². The van der Waals surface area contributed by atoms with E-state index in [0.717, 1.165) is 11.1 Å². The summed E-state index contributed by atoms with van der Waals surface area (Å²) >= 11 is 0. The first-order valence-corrected chi connectivity index (χ1v) is 8.99. The molecule has 3 aromatic rings. The maximum atomic E-state index is 13.8. The van der Waals surface area contributed by atoms with Gasteiger partial charge in [0.15, 0.2) is 11.6 Å². The Morgan fingerprint density at radius 2 is 1.86 bits per heavy atom. The third-order valence-corrected chi connectivity index (χ3v) is 4.34. The van der Waals surface area contributed by atoms with Gasteiger partial charge in [0.25, 0.3) is 0 Å². The van der Waals surface area contributed by atoms with E-state index >= 15 is 0 Å². The van der Waals surface area contributed by atoms with Gasteiger partial charge in [0, 0.05) is 24.9 Å². The average Bonchev–Trinajstić information content (AvgIpc) is 3.11. The van der Waals surface area contributed by atoms with Crippen molar-refractivity contribution < 1.29 is 18.0 Å². The van der Waals surface area contributed by atoms with E-state index in [2.05, 4.69) is 15.5 Å². The van der Waals surface area contributed by atoms with Crippen molar-refractivity contribution in [2.45, 2.75) is 39.7 Å². The summed E-state index contributed by atoms with van der Waals surface area (Å²) in [5.74, 6) is -1.28. The van der Waals surface area contributed by atoms with Crippen LogP contribution in [0.4, 0.5) is 8.78 Å². The Kier molecular flexibility index (Phi) is 6.13. The maximum Gasteiger partial charge on any atom is 0.220 e. The van der Waals surface area contributed by atoms with E-state index in [4.69, 9.17) is 4.42 Å². The largest absolute Gasteiger partial charge is 0.425 e. The number of amides is 1. The predicted octanol–water partition coefficient (Wildman–Crippen LogP) is 3.80. The minimum absolute atomic E-state index is 0.0791. The molecule has 0 radical (unpaired) electrons. The fourth-order valence-corrected chi connectivity index (χ4v) is 2.78. The number of carbonyl (C=O) groups is 1. The Morgan fingerprint density at radius 1 is 1.07 bits per heavy atom. The highest BCUT2D eigenvalue weighted by atomic mass is 19.2. The molecule has 0 saturated heterocycles. The highest BCUT2D eigenvalue weighted by Crippen LogP contribution is 2.15. The van der Waals surface area contributed by atoms with Crippen molar-refractivity contribution in [3.8, 4) is 0 Å². The van der Waals surface area contributed by atoms with Gasteiger partial charge in [0.1, 0.15) is 0 Å². The SMILES string of the molecule is Cc1cccc(Cc2nnc(CCC(=O)NCc3ccc(C)c(F)c3F)o2)c1. The molecule has 2 aromatic carbocycles. The van der Waals surface area contributed by atoms with Gasteiger partial charge in [0.05, 0.1) is 6.42 Å². The quantitative estimate of drug-likeness (QED) is 0.672. The molecule has 0 aliphatic rings. The second-order valence-corrected chi connectivity index (χ2v) is 6.70. The van der Waals surface area contributed by atoms with Gasteiger partial charge in [-0.05, 0) is 25.0 Å². The van der Waals surface area contributed by atoms with E-state index in [1.54, 1.807) is 0 Å². The zero-order valence-electron chi connectivity index (χ0n) is 15.8. The first kappa shape index (κ1) is 19.7. The molecule has 1 amide bonds. The fourth-order valence-electron chi connectivity index (χ4n) is 2.78. The lowest BCUT2D eigenvalue weighted by Crippen LogP contribution is -2.23. The Bertz CT molecular complexity index is 986. The van der Waals surface area contributed by atoms with E-state index in [-0.39, 0.29) is 36.4 Å². The van der Waals surface area contributed by atoms with Crippen LogP contribution in [0, 0.1) is 25.5 Å². The van der Waals surface area contributed by atoms with Crippen molar-refractivity contribution in [1.29, 1.82) is 0 Å². The third-order valence-electron chi connectivity index (χ3n) is 4.34. The molecule has 0 unspecified atom stereocenters. The highest BCUT2D eigenvalue weighted by molar-refractivity contribution is 5.76. The van der Waals surface area contributed by atoms with E-state index in [9.17, 15) is 13.6 Å². The van der Waals surface area contributed by atoms with Gasteiger partial charge in [-0.2, -0.15) is 0 Å². The molecule has 0 atom stereocenters. The number of aromatic nitrogens is 2. The molecule has 146 valence electrons. The number of hydrogen-bond donors (Lipinski definition) is 1. The van der Waals surface area contributed by atoms with Crippen molar-refractivity contribution >= 4 is 5.91 Å². The number of nitrogens with one attached hydrogen (secondary N) is 1. The summed E-state index contributed by atoms with van der Waals surface area (Å²) in [4.78, 5) is 12.0. The molecule has 0 fully saturated rings. The molecule has 5 nitrogen and oxygen atoms in total. The molecule has 0 spiro atoms. The number of rotatable bonds is 7. The van der Waals surface area contributed by atoms with Crippen LogP contribution < -0.4 is 5.32 Å². The molecule has 0 bridgehead atoms. The van der Waals surface area contributed by atoms with Crippen molar-refractivity contribution in [2.75, 3.05) is 0 Å². The summed E-state index contributed by atoms with van der Waals surface area (Å²) in [6.07, 6.45) is 0.915. The second-order valence-electron chi connectivity index (χ2n) is 6.70. The molecule has 7 heteroatoms. The fraction of sp³-hybridized carbons (Fsp3) is 0.286. The van der Waals surface area contributed by atoms with E-state index < -0.39 is 11.6 Å². The lowest BCUT2D eigenvalue weighted by Gasteiger charge is -2.07. The van der Waals surface area contributed by atoms with Crippen LogP contribution in [0.15, 0.2) is 40.8 Å². The Balaban J connectivity index is 1.49. The smallest absolute Gasteiger partial charge is 0.220 e. The third kappa shape index (κ3) is 5.00. The monoisotopic (exact) mass is 385 g/mol. The number of nitrogens with zero attached hydrogens (tertiary/aromatic N) is 2. The summed E-state index contributed by atoms with van der Waals surface area (Å²) in [5, 5.41) is 10.5. The Labute approximate surface area is 161 Å². The van der Waals surface area contributed by atoms with Crippen molar-refractivity contribution in [3.63, 3.8) is 0 Å². The van der Waals surface area contributed by atoms with Crippen LogP contribution in [-0.4, -0.2) is 16.1 Å². The first-order chi connectivity index (χ1) is 13.4. The first-order valence-electron chi connectivity index (χ1n) is 8.99. The molecular weight excluding hydrogens is 364 g/mol. The minimum atomic E-state index is -0.932. The van der Waals surface area contributed by atoms with Gasteiger partial charge < -0.3 is 9.73 Å². The van der Waals surface area contributed by atoms with E-state index in [1.807, 2.05) is 31.2 Å². The average molecular weight is 385 g/mol. The minimum Gasteiger partial charge on any atom is -0.425 e. The zero-order valence-corrected chi connectivity index (χ0v) is 15.8. The summed E-state index contributed by atoms with van der Waals surface area (Å²) in [7, 11) is 0. The van der Waals surface area contributed by atoms with Gasteiger partial charge in [-0.15, -0.1) is 10.2 Å². The van der Waals surface area contributed by atoms with Gasteiger partial charge in [-0.25, -0.2) is 8.78 Å². The summed E-state index contributed by atoms with van der Waals surface area (Å²) in [6, 6.07) is 11.0. The van der Waals surface area contributed by atoms with Gasteiger partial charge >= 0.3 is 0 Å². The molecule has 0 saturated carbocycles. The number of benzene rings is 2. The van der Waals surface area contributed by atoms with Crippen LogP contribution in [0.5, 0.6) is 0 Å². The lowest BCUT2D eigenvalue weighted by atomic mass is 10.1. The van der Waals surface area contributed by atoms with Crippen molar-refractivity contribution in [2.24, 2.45) is 0 Å². The van der Waals surface area contributed by atoms with Crippen molar-refractivity contribution in [3.05, 3.63) is 82.1 Å². The number of halogens is 2. The molecule has 0 aliphatic carbocycles. The lowest BCUT2D eigenvalue weighted by molar-refractivity contribution is -0.121. The molecule has 0 aliphatic heterocycles. The van der Waals surface area contributed by atoms with Gasteiger partial charge in [-0.1, -0.05) is 42.0 Å². The van der Waals surface area contributed by atoms with Crippen LogP contribution in [0.25, 0.3) is 0 Å². The number of aryl methyl sites for hydroxylation is 3. The highest BCUT2D eigenvalue weighted by Gasteiger charge is 2.13. The predicted molar refractivity (Wildman–Crippen MR) is 99.5 cm³/mol. The summed E-state index contributed by atoms with van der Waals surface area (Å²) in [5.41, 5.74) is 2.55. The summed E-state index contributed by atoms with van der Waals surface area (Å²) < 4.78 is 32.9.